The molecule has 0 aliphatic carbocycles. The van der Waals surface area contributed by atoms with Crippen LogP contribution >= 0.6 is 0 Å². The van der Waals surface area contributed by atoms with Gasteiger partial charge in [-0.3, -0.25) is 9.89 Å². The fraction of sp³-hybridized carbons (Fsp3) is 0. The Morgan fingerprint density at radius 3 is 2.78 bits per heavy atom. The topological polar surface area (TPSA) is 96.7 Å². The predicted octanol–water partition coefficient (Wildman–Crippen LogP) is 2.87. The lowest BCUT2D eigenvalue weighted by Crippen LogP contribution is -2.13. The Kier molecular flexibility index (Phi) is 3.09. The fourth-order valence-corrected chi connectivity index (χ4v) is 2.21. The molecule has 4 rings (SSSR count). The number of nitrogens with zero attached hydrogens (tertiary/aromatic N) is 3. The predicted molar refractivity (Wildman–Crippen MR) is 83.8 cm³/mol. The van der Waals surface area contributed by atoms with Gasteiger partial charge in [0, 0.05) is 11.3 Å². The summed E-state index contributed by atoms with van der Waals surface area (Å²) in [6.07, 6.45) is 1.28. The number of anilines is 1. The van der Waals surface area contributed by atoms with Crippen molar-refractivity contribution in [2.45, 2.75) is 0 Å². The van der Waals surface area contributed by atoms with Crippen LogP contribution in [-0.4, -0.2) is 26.1 Å². The summed E-state index contributed by atoms with van der Waals surface area (Å²) in [5.74, 6) is 0.322. The first-order chi connectivity index (χ1) is 11.3. The standard InChI is InChI=1S/C16H11N5O2/c22-15(14-17-9-18-21-14)19-11-6-7-13-12(8-11)20-16(23-13)10-4-2-1-3-5-10/h1-9H,(H,19,22)(H,17,18,21). The van der Waals surface area contributed by atoms with E-state index < -0.39 is 0 Å². The molecule has 2 aromatic carbocycles. The Bertz CT molecular complexity index is 961. The summed E-state index contributed by atoms with van der Waals surface area (Å²) >= 11 is 0. The molecule has 0 aliphatic heterocycles. The Hall–Kier alpha value is -3.48. The minimum atomic E-state index is -0.367. The normalized spacial score (nSPS) is 10.8. The summed E-state index contributed by atoms with van der Waals surface area (Å²) in [5, 5.41) is 8.89. The summed E-state index contributed by atoms with van der Waals surface area (Å²) in [7, 11) is 0. The van der Waals surface area contributed by atoms with Crippen LogP contribution in [0.4, 0.5) is 5.69 Å². The number of fused-ring (bicyclic) bond motifs is 1. The summed E-state index contributed by atoms with van der Waals surface area (Å²) in [4.78, 5) is 20.2. The smallest absolute Gasteiger partial charge is 0.292 e. The third kappa shape index (κ3) is 2.55. The number of hydrogen-bond acceptors (Lipinski definition) is 5. The summed E-state index contributed by atoms with van der Waals surface area (Å²) < 4.78 is 5.73. The van der Waals surface area contributed by atoms with Crippen LogP contribution in [0.3, 0.4) is 0 Å². The van der Waals surface area contributed by atoms with Crippen molar-refractivity contribution in [1.82, 2.24) is 20.2 Å². The molecule has 0 aliphatic rings. The number of nitrogens with one attached hydrogen (secondary N) is 2. The van der Waals surface area contributed by atoms with Gasteiger partial charge in [0.1, 0.15) is 11.8 Å². The molecule has 0 unspecified atom stereocenters. The number of aromatic nitrogens is 4. The second kappa shape index (κ2) is 5.38. The molecule has 0 spiro atoms. The van der Waals surface area contributed by atoms with Gasteiger partial charge in [0.05, 0.1) is 0 Å². The van der Waals surface area contributed by atoms with Gasteiger partial charge >= 0.3 is 0 Å². The molecule has 4 aromatic rings. The number of amides is 1. The van der Waals surface area contributed by atoms with E-state index in [0.717, 1.165) is 5.56 Å². The molecule has 7 heteroatoms. The maximum absolute atomic E-state index is 11.9. The lowest BCUT2D eigenvalue weighted by atomic mass is 10.2. The van der Waals surface area contributed by atoms with E-state index in [1.165, 1.54) is 6.33 Å². The number of benzene rings is 2. The number of H-pyrrole nitrogens is 1. The van der Waals surface area contributed by atoms with Gasteiger partial charge in [0.15, 0.2) is 5.58 Å². The van der Waals surface area contributed by atoms with Crippen LogP contribution in [0.25, 0.3) is 22.6 Å². The van der Waals surface area contributed by atoms with Gasteiger partial charge in [-0.05, 0) is 30.3 Å². The number of aromatic amines is 1. The highest BCUT2D eigenvalue weighted by molar-refractivity contribution is 6.02. The molecule has 7 nitrogen and oxygen atoms in total. The van der Waals surface area contributed by atoms with Crippen molar-refractivity contribution in [3.8, 4) is 11.5 Å². The molecule has 2 heterocycles. The molecule has 0 fully saturated rings. The molecule has 0 atom stereocenters. The molecule has 0 saturated heterocycles. The first-order valence-corrected chi connectivity index (χ1v) is 6.92. The van der Waals surface area contributed by atoms with E-state index in [2.05, 4.69) is 25.5 Å². The SMILES string of the molecule is O=C(Nc1ccc2oc(-c3ccccc3)nc2c1)c1ncn[nH]1. The highest BCUT2D eigenvalue weighted by Gasteiger charge is 2.12. The van der Waals surface area contributed by atoms with Crippen molar-refractivity contribution < 1.29 is 9.21 Å². The van der Waals surface area contributed by atoms with E-state index >= 15 is 0 Å². The van der Waals surface area contributed by atoms with E-state index in [0.29, 0.717) is 22.7 Å². The first-order valence-electron chi connectivity index (χ1n) is 6.92. The Morgan fingerprint density at radius 1 is 1.13 bits per heavy atom. The van der Waals surface area contributed by atoms with Crippen LogP contribution < -0.4 is 5.32 Å². The molecule has 0 radical (unpaired) electrons. The van der Waals surface area contributed by atoms with E-state index in [1.807, 2.05) is 30.3 Å². The fourth-order valence-electron chi connectivity index (χ4n) is 2.21. The second-order valence-electron chi connectivity index (χ2n) is 4.86. The molecule has 1 amide bonds. The monoisotopic (exact) mass is 305 g/mol. The Morgan fingerprint density at radius 2 is 2.00 bits per heavy atom. The largest absolute Gasteiger partial charge is 0.436 e. The second-order valence-corrected chi connectivity index (χ2v) is 4.86. The summed E-state index contributed by atoms with van der Waals surface area (Å²) in [5.41, 5.74) is 2.82. The first kappa shape index (κ1) is 13.2. The zero-order valence-electron chi connectivity index (χ0n) is 11.9. The quantitative estimate of drug-likeness (QED) is 0.606. The van der Waals surface area contributed by atoms with Crippen molar-refractivity contribution in [2.75, 3.05) is 5.32 Å². The van der Waals surface area contributed by atoms with Crippen LogP contribution in [0.5, 0.6) is 0 Å². The van der Waals surface area contributed by atoms with Gasteiger partial charge in [-0.15, -0.1) is 0 Å². The molecule has 112 valence electrons. The third-order valence-electron chi connectivity index (χ3n) is 3.30. The highest BCUT2D eigenvalue weighted by atomic mass is 16.3. The molecule has 2 aromatic heterocycles. The van der Waals surface area contributed by atoms with E-state index in [4.69, 9.17) is 4.42 Å². The van der Waals surface area contributed by atoms with Crippen molar-refractivity contribution in [1.29, 1.82) is 0 Å². The van der Waals surface area contributed by atoms with Crippen LogP contribution in [0.1, 0.15) is 10.6 Å². The Labute approximate surface area is 130 Å². The van der Waals surface area contributed by atoms with Gasteiger partial charge in [-0.2, -0.15) is 5.10 Å². The number of oxazole rings is 1. The lowest BCUT2D eigenvalue weighted by molar-refractivity contribution is 0.101. The van der Waals surface area contributed by atoms with Crippen LogP contribution in [0.15, 0.2) is 59.3 Å². The van der Waals surface area contributed by atoms with Crippen molar-refractivity contribution >= 4 is 22.7 Å². The van der Waals surface area contributed by atoms with Crippen molar-refractivity contribution in [3.05, 3.63) is 60.7 Å². The number of carbonyl (C=O) groups excluding carboxylic acids is 1. The Balaban J connectivity index is 1.64. The number of rotatable bonds is 3. The molecule has 0 bridgehead atoms. The minimum absolute atomic E-state index is 0.148. The zero-order chi connectivity index (χ0) is 15.6. The van der Waals surface area contributed by atoms with Gasteiger partial charge < -0.3 is 9.73 Å². The molecular weight excluding hydrogens is 294 g/mol. The molecule has 2 N–H and O–H groups in total. The van der Waals surface area contributed by atoms with Crippen LogP contribution in [0.2, 0.25) is 0 Å². The molecule has 0 saturated carbocycles. The lowest BCUT2D eigenvalue weighted by Gasteiger charge is -2.01. The van der Waals surface area contributed by atoms with Gasteiger partial charge in [-0.1, -0.05) is 18.2 Å². The van der Waals surface area contributed by atoms with Gasteiger partial charge in [0.2, 0.25) is 11.7 Å². The maximum Gasteiger partial charge on any atom is 0.292 e. The average Bonchev–Trinajstić information content (AvgIpc) is 3.25. The van der Waals surface area contributed by atoms with E-state index in [1.54, 1.807) is 18.2 Å². The van der Waals surface area contributed by atoms with Crippen LogP contribution in [0, 0.1) is 0 Å². The zero-order valence-corrected chi connectivity index (χ0v) is 11.9. The minimum Gasteiger partial charge on any atom is -0.436 e. The highest BCUT2D eigenvalue weighted by Crippen LogP contribution is 2.26. The van der Waals surface area contributed by atoms with Gasteiger partial charge in [-0.25, -0.2) is 9.97 Å². The van der Waals surface area contributed by atoms with E-state index in [-0.39, 0.29) is 11.7 Å². The summed E-state index contributed by atoms with van der Waals surface area (Å²) in [6, 6.07) is 14.9. The number of hydrogen-bond donors (Lipinski definition) is 2. The molecule has 23 heavy (non-hydrogen) atoms. The van der Waals surface area contributed by atoms with Crippen molar-refractivity contribution in [3.63, 3.8) is 0 Å². The van der Waals surface area contributed by atoms with Crippen LogP contribution in [-0.2, 0) is 0 Å². The van der Waals surface area contributed by atoms with E-state index in [9.17, 15) is 4.79 Å². The maximum atomic E-state index is 11.9. The summed E-state index contributed by atoms with van der Waals surface area (Å²) in [6.45, 7) is 0. The number of carbonyl (C=O) groups is 1. The average molecular weight is 305 g/mol. The van der Waals surface area contributed by atoms with Gasteiger partial charge in [0.25, 0.3) is 5.91 Å². The molecular formula is C16H11N5O2. The third-order valence-corrected chi connectivity index (χ3v) is 3.30. The van der Waals surface area contributed by atoms with Crippen molar-refractivity contribution in [2.24, 2.45) is 0 Å².